The molecule has 1 aliphatic rings. The standard InChI is InChI=1S/C29H28F8O3/c1-16(2)8-25(26(38)39-4)19-9-17(18-10-21(27(3,30)31)14-22(11-18)29(35,36)37)12-24(13-19)40-23-7-5-6-20(15-23)28(32,33)34/h5-7,9-13,15-16,21,25H,8,14H2,1-4H3. The Bertz CT molecular complexity index is 1280. The lowest BCUT2D eigenvalue weighted by Gasteiger charge is -2.28. The van der Waals surface area contributed by atoms with Gasteiger partial charge in [-0.1, -0.05) is 32.1 Å². The first-order valence-electron chi connectivity index (χ1n) is 12.3. The number of esters is 1. The zero-order valence-corrected chi connectivity index (χ0v) is 22.1. The van der Waals surface area contributed by atoms with E-state index in [-0.39, 0.29) is 40.5 Å². The molecule has 0 amide bonds. The topological polar surface area (TPSA) is 35.5 Å². The number of allylic oxidation sites excluding steroid dienone is 4. The van der Waals surface area contributed by atoms with Gasteiger partial charge in [-0.3, -0.25) is 4.79 Å². The highest BCUT2D eigenvalue weighted by molar-refractivity contribution is 5.81. The Labute approximate surface area is 226 Å². The number of hydrogen-bond acceptors (Lipinski definition) is 3. The summed E-state index contributed by atoms with van der Waals surface area (Å²) in [7, 11) is 1.16. The number of methoxy groups -OCH3 is 1. The Kier molecular flexibility index (Phi) is 9.06. The molecule has 0 spiro atoms. The van der Waals surface area contributed by atoms with Crippen molar-refractivity contribution in [3.63, 3.8) is 0 Å². The molecule has 3 nitrogen and oxygen atoms in total. The third-order valence-corrected chi connectivity index (χ3v) is 6.42. The van der Waals surface area contributed by atoms with Gasteiger partial charge in [0.2, 0.25) is 0 Å². The van der Waals surface area contributed by atoms with E-state index in [2.05, 4.69) is 0 Å². The molecular formula is C29H28F8O3. The normalized spacial score (nSPS) is 17.3. The largest absolute Gasteiger partial charge is 0.469 e. The highest BCUT2D eigenvalue weighted by atomic mass is 19.4. The van der Waals surface area contributed by atoms with E-state index in [1.165, 1.54) is 24.3 Å². The Balaban J connectivity index is 2.21. The predicted molar refractivity (Wildman–Crippen MR) is 133 cm³/mol. The van der Waals surface area contributed by atoms with Gasteiger partial charge in [-0.25, -0.2) is 8.78 Å². The number of rotatable bonds is 8. The lowest BCUT2D eigenvalue weighted by atomic mass is 9.82. The van der Waals surface area contributed by atoms with Crippen molar-refractivity contribution in [1.29, 1.82) is 0 Å². The summed E-state index contributed by atoms with van der Waals surface area (Å²) in [6.45, 7) is 4.19. The molecule has 40 heavy (non-hydrogen) atoms. The van der Waals surface area contributed by atoms with Gasteiger partial charge in [0.15, 0.2) is 0 Å². The quantitative estimate of drug-likeness (QED) is 0.232. The lowest BCUT2D eigenvalue weighted by Crippen LogP contribution is -2.28. The number of alkyl halides is 8. The molecule has 2 aromatic carbocycles. The number of halogens is 8. The van der Waals surface area contributed by atoms with Gasteiger partial charge < -0.3 is 9.47 Å². The van der Waals surface area contributed by atoms with E-state index in [1.807, 2.05) is 13.8 Å². The first-order valence-corrected chi connectivity index (χ1v) is 12.3. The van der Waals surface area contributed by atoms with Crippen LogP contribution < -0.4 is 4.74 Å². The van der Waals surface area contributed by atoms with Crippen LogP contribution in [-0.4, -0.2) is 25.2 Å². The Morgan fingerprint density at radius 1 is 0.950 bits per heavy atom. The molecule has 11 heteroatoms. The summed E-state index contributed by atoms with van der Waals surface area (Å²) in [5.41, 5.74) is -2.07. The van der Waals surface area contributed by atoms with Crippen LogP contribution in [-0.2, 0) is 15.7 Å². The first-order chi connectivity index (χ1) is 18.4. The van der Waals surface area contributed by atoms with E-state index in [0.29, 0.717) is 6.92 Å². The smallest absolute Gasteiger partial charge is 0.416 e. The van der Waals surface area contributed by atoms with Crippen LogP contribution in [0.1, 0.15) is 56.2 Å². The second kappa shape index (κ2) is 11.6. The molecule has 0 saturated carbocycles. The number of ether oxygens (including phenoxy) is 2. The second-order valence-electron chi connectivity index (χ2n) is 10.2. The van der Waals surface area contributed by atoms with Crippen LogP contribution in [0.25, 0.3) is 5.57 Å². The van der Waals surface area contributed by atoms with Crippen LogP contribution in [0, 0.1) is 11.8 Å². The van der Waals surface area contributed by atoms with Gasteiger partial charge in [-0.2, -0.15) is 26.3 Å². The fraction of sp³-hybridized carbons (Fsp3) is 0.414. The molecule has 2 aromatic rings. The summed E-state index contributed by atoms with van der Waals surface area (Å²) < 4.78 is 120. The van der Waals surface area contributed by atoms with Gasteiger partial charge in [0.05, 0.1) is 18.6 Å². The highest BCUT2D eigenvalue weighted by Gasteiger charge is 2.42. The zero-order valence-electron chi connectivity index (χ0n) is 22.1. The summed E-state index contributed by atoms with van der Waals surface area (Å²) in [5.74, 6) is -7.17. The molecule has 1 aliphatic carbocycles. The minimum atomic E-state index is -4.87. The van der Waals surface area contributed by atoms with Crippen molar-refractivity contribution in [2.75, 3.05) is 7.11 Å². The molecule has 2 atom stereocenters. The SMILES string of the molecule is COC(=O)C(CC(C)C)c1cc(Oc2cccc(C(F)(F)F)c2)cc(C2=CC(C(C)(F)F)CC(C(F)(F)F)=C2)c1. The molecule has 0 N–H and O–H groups in total. The van der Waals surface area contributed by atoms with E-state index < -0.39 is 53.6 Å². The maximum absolute atomic E-state index is 14.2. The summed E-state index contributed by atoms with van der Waals surface area (Å²) in [4.78, 5) is 12.7. The summed E-state index contributed by atoms with van der Waals surface area (Å²) in [6.07, 6.45) is -8.42. The minimum Gasteiger partial charge on any atom is -0.469 e. The predicted octanol–water partition coefficient (Wildman–Crippen LogP) is 9.35. The van der Waals surface area contributed by atoms with Gasteiger partial charge in [0.25, 0.3) is 5.92 Å². The third kappa shape index (κ3) is 7.85. The van der Waals surface area contributed by atoms with Crippen LogP contribution in [0.3, 0.4) is 0 Å². The Morgan fingerprint density at radius 2 is 1.62 bits per heavy atom. The maximum Gasteiger partial charge on any atom is 0.416 e. The van der Waals surface area contributed by atoms with E-state index in [4.69, 9.17) is 9.47 Å². The summed E-state index contributed by atoms with van der Waals surface area (Å²) >= 11 is 0. The number of benzene rings is 2. The average Bonchev–Trinajstić information content (AvgIpc) is 2.85. The molecule has 3 rings (SSSR count). The number of hydrogen-bond donors (Lipinski definition) is 0. The lowest BCUT2D eigenvalue weighted by molar-refractivity contribution is -0.143. The molecule has 0 heterocycles. The van der Waals surface area contributed by atoms with Crippen molar-refractivity contribution in [2.45, 2.75) is 57.8 Å². The van der Waals surface area contributed by atoms with Crippen molar-refractivity contribution < 1.29 is 49.4 Å². The summed E-state index contributed by atoms with van der Waals surface area (Å²) in [5, 5.41) is 0. The van der Waals surface area contributed by atoms with Crippen molar-refractivity contribution in [2.24, 2.45) is 11.8 Å². The number of carbonyl (C=O) groups is 1. The third-order valence-electron chi connectivity index (χ3n) is 6.42. The highest BCUT2D eigenvalue weighted by Crippen LogP contribution is 2.44. The van der Waals surface area contributed by atoms with Gasteiger partial charge >= 0.3 is 18.3 Å². The average molecular weight is 577 g/mol. The molecule has 0 saturated heterocycles. The fourth-order valence-electron chi connectivity index (χ4n) is 4.41. The molecule has 0 fully saturated rings. The molecule has 0 aromatic heterocycles. The molecular weight excluding hydrogens is 548 g/mol. The maximum atomic E-state index is 14.2. The van der Waals surface area contributed by atoms with Crippen molar-refractivity contribution in [3.05, 3.63) is 76.9 Å². The van der Waals surface area contributed by atoms with Gasteiger partial charge in [0, 0.05) is 11.5 Å². The number of carbonyl (C=O) groups excluding carboxylic acids is 1. The summed E-state index contributed by atoms with van der Waals surface area (Å²) in [6, 6.07) is 7.95. The van der Waals surface area contributed by atoms with E-state index >= 15 is 0 Å². The van der Waals surface area contributed by atoms with Crippen molar-refractivity contribution in [3.8, 4) is 11.5 Å². The molecule has 0 radical (unpaired) electrons. The van der Waals surface area contributed by atoms with Gasteiger partial charge in [-0.05, 0) is 78.8 Å². The Hall–Kier alpha value is -3.37. The molecule has 218 valence electrons. The Morgan fingerprint density at radius 3 is 2.17 bits per heavy atom. The minimum absolute atomic E-state index is 0.0211. The van der Waals surface area contributed by atoms with E-state index in [1.54, 1.807) is 0 Å². The van der Waals surface area contributed by atoms with E-state index in [0.717, 1.165) is 37.5 Å². The fourth-order valence-corrected chi connectivity index (χ4v) is 4.41. The van der Waals surface area contributed by atoms with Crippen LogP contribution in [0.15, 0.2) is 60.2 Å². The van der Waals surface area contributed by atoms with Crippen molar-refractivity contribution in [1.82, 2.24) is 0 Å². The monoisotopic (exact) mass is 576 g/mol. The van der Waals surface area contributed by atoms with Crippen LogP contribution >= 0.6 is 0 Å². The second-order valence-corrected chi connectivity index (χ2v) is 10.2. The first kappa shape index (κ1) is 31.2. The van der Waals surface area contributed by atoms with Gasteiger partial charge in [0.1, 0.15) is 11.5 Å². The van der Waals surface area contributed by atoms with E-state index in [9.17, 15) is 39.9 Å². The van der Waals surface area contributed by atoms with Gasteiger partial charge in [-0.15, -0.1) is 0 Å². The zero-order chi connectivity index (χ0) is 30.0. The molecule has 0 bridgehead atoms. The van der Waals surface area contributed by atoms with Crippen LogP contribution in [0.4, 0.5) is 35.1 Å². The van der Waals surface area contributed by atoms with Crippen LogP contribution in [0.5, 0.6) is 11.5 Å². The van der Waals surface area contributed by atoms with Crippen molar-refractivity contribution >= 4 is 11.5 Å². The molecule has 0 aliphatic heterocycles. The van der Waals surface area contributed by atoms with Crippen LogP contribution in [0.2, 0.25) is 0 Å². The molecule has 2 unspecified atom stereocenters.